The van der Waals surface area contributed by atoms with Crippen molar-refractivity contribution in [1.29, 1.82) is 0 Å². The van der Waals surface area contributed by atoms with Crippen molar-refractivity contribution in [2.45, 2.75) is 26.2 Å². The van der Waals surface area contributed by atoms with Gasteiger partial charge in [0.1, 0.15) is 5.75 Å². The first-order chi connectivity index (χ1) is 12.8. The van der Waals surface area contributed by atoms with E-state index in [1.54, 1.807) is 7.11 Å². The molecule has 1 saturated heterocycles. The van der Waals surface area contributed by atoms with Crippen LogP contribution in [0.1, 0.15) is 31.7 Å². The van der Waals surface area contributed by atoms with Crippen LogP contribution in [0.5, 0.6) is 5.75 Å². The third-order valence-electron chi connectivity index (χ3n) is 5.12. The van der Waals surface area contributed by atoms with Crippen molar-refractivity contribution in [2.24, 2.45) is 5.92 Å². The molecule has 150 valence electrons. The number of piperazine rings is 1. The lowest BCUT2D eigenvalue weighted by molar-refractivity contribution is -0.141. The summed E-state index contributed by atoms with van der Waals surface area (Å²) < 4.78 is 5.22. The van der Waals surface area contributed by atoms with Crippen LogP contribution < -0.4 is 4.74 Å². The Kier molecular flexibility index (Phi) is 7.66. The fraction of sp³-hybridized carbons (Fsp3) is 0.619. The summed E-state index contributed by atoms with van der Waals surface area (Å²) in [5.41, 5.74) is 1.01. The molecule has 0 radical (unpaired) electrons. The number of benzene rings is 1. The summed E-state index contributed by atoms with van der Waals surface area (Å²) in [6.45, 7) is 7.35. The monoisotopic (exact) mass is 375 g/mol. The van der Waals surface area contributed by atoms with E-state index in [0.29, 0.717) is 32.6 Å². The zero-order valence-electron chi connectivity index (χ0n) is 17.3. The highest BCUT2D eigenvalue weighted by Gasteiger charge is 2.31. The van der Waals surface area contributed by atoms with Gasteiger partial charge < -0.3 is 19.4 Å². The molecule has 1 aromatic carbocycles. The van der Waals surface area contributed by atoms with E-state index in [9.17, 15) is 9.59 Å². The highest BCUT2D eigenvalue weighted by molar-refractivity contribution is 5.84. The highest BCUT2D eigenvalue weighted by Crippen LogP contribution is 2.28. The van der Waals surface area contributed by atoms with Crippen molar-refractivity contribution in [3.05, 3.63) is 29.8 Å². The van der Waals surface area contributed by atoms with E-state index >= 15 is 0 Å². The van der Waals surface area contributed by atoms with Crippen LogP contribution >= 0.6 is 0 Å². The van der Waals surface area contributed by atoms with E-state index in [4.69, 9.17) is 4.74 Å². The number of carbonyl (C=O) groups is 2. The minimum atomic E-state index is -0.174. The molecule has 0 saturated carbocycles. The Morgan fingerprint density at radius 3 is 2.07 bits per heavy atom. The number of carbonyl (C=O) groups excluding carboxylic acids is 2. The van der Waals surface area contributed by atoms with Gasteiger partial charge in [0.25, 0.3) is 0 Å². The van der Waals surface area contributed by atoms with Gasteiger partial charge in [0, 0.05) is 39.1 Å². The van der Waals surface area contributed by atoms with Gasteiger partial charge in [-0.15, -0.1) is 0 Å². The predicted octanol–water partition coefficient (Wildman–Crippen LogP) is 2.06. The molecule has 0 N–H and O–H groups in total. The molecular formula is C21H33N3O3. The van der Waals surface area contributed by atoms with Crippen molar-refractivity contribution in [2.75, 3.05) is 53.9 Å². The molecule has 1 atom stereocenters. The van der Waals surface area contributed by atoms with Gasteiger partial charge in [0.15, 0.2) is 0 Å². The summed E-state index contributed by atoms with van der Waals surface area (Å²) >= 11 is 0. The van der Waals surface area contributed by atoms with Gasteiger partial charge in [0.2, 0.25) is 11.8 Å². The Morgan fingerprint density at radius 1 is 1.04 bits per heavy atom. The van der Waals surface area contributed by atoms with Crippen LogP contribution in [-0.2, 0) is 9.59 Å². The number of rotatable bonds is 7. The zero-order chi connectivity index (χ0) is 20.0. The first-order valence-corrected chi connectivity index (χ1v) is 9.68. The average molecular weight is 376 g/mol. The third-order valence-corrected chi connectivity index (χ3v) is 5.12. The molecule has 2 rings (SSSR count). The van der Waals surface area contributed by atoms with Crippen LogP contribution in [0.4, 0.5) is 0 Å². The molecule has 0 bridgehead atoms. The molecule has 1 heterocycles. The zero-order valence-corrected chi connectivity index (χ0v) is 17.3. The lowest BCUT2D eigenvalue weighted by Crippen LogP contribution is -2.52. The number of methoxy groups -OCH3 is 1. The molecule has 1 unspecified atom stereocenters. The van der Waals surface area contributed by atoms with Gasteiger partial charge in [-0.1, -0.05) is 26.0 Å². The van der Waals surface area contributed by atoms with Gasteiger partial charge in [-0.25, -0.2) is 0 Å². The van der Waals surface area contributed by atoms with Crippen molar-refractivity contribution in [3.8, 4) is 5.75 Å². The van der Waals surface area contributed by atoms with E-state index in [1.807, 2.05) is 53.1 Å². The van der Waals surface area contributed by atoms with Crippen LogP contribution in [0.2, 0.25) is 0 Å². The fourth-order valence-corrected chi connectivity index (χ4v) is 3.47. The molecule has 1 aromatic rings. The summed E-state index contributed by atoms with van der Waals surface area (Å²) in [7, 11) is 5.57. The van der Waals surface area contributed by atoms with Crippen molar-refractivity contribution in [3.63, 3.8) is 0 Å². The number of hydrogen-bond acceptors (Lipinski definition) is 4. The van der Waals surface area contributed by atoms with Gasteiger partial charge in [-0.05, 0) is 37.7 Å². The maximum atomic E-state index is 13.2. The molecule has 6 heteroatoms. The Bertz CT molecular complexity index is 620. The maximum absolute atomic E-state index is 13.2. The number of ether oxygens (including phenoxy) is 1. The number of nitrogens with zero attached hydrogens (tertiary/aromatic N) is 3. The Morgan fingerprint density at radius 2 is 1.59 bits per heavy atom. The third kappa shape index (κ3) is 5.70. The number of hydrogen-bond donors (Lipinski definition) is 0. The second kappa shape index (κ2) is 9.74. The summed E-state index contributed by atoms with van der Waals surface area (Å²) in [6.07, 6.45) is 0.529. The van der Waals surface area contributed by atoms with Gasteiger partial charge >= 0.3 is 0 Å². The molecular weight excluding hydrogens is 342 g/mol. The largest absolute Gasteiger partial charge is 0.497 e. The number of amides is 2. The van der Waals surface area contributed by atoms with Crippen LogP contribution in [0.3, 0.4) is 0 Å². The smallest absolute Gasteiger partial charge is 0.230 e. The van der Waals surface area contributed by atoms with Gasteiger partial charge in [0.05, 0.1) is 13.0 Å². The predicted molar refractivity (Wildman–Crippen MR) is 107 cm³/mol. The van der Waals surface area contributed by atoms with Gasteiger partial charge in [-0.2, -0.15) is 0 Å². The molecule has 0 spiro atoms. The van der Waals surface area contributed by atoms with Crippen LogP contribution in [-0.4, -0.2) is 80.4 Å². The van der Waals surface area contributed by atoms with Crippen LogP contribution in [0, 0.1) is 5.92 Å². The van der Waals surface area contributed by atoms with Crippen LogP contribution in [0.15, 0.2) is 24.3 Å². The molecule has 2 amide bonds. The fourth-order valence-electron chi connectivity index (χ4n) is 3.47. The van der Waals surface area contributed by atoms with E-state index < -0.39 is 0 Å². The summed E-state index contributed by atoms with van der Waals surface area (Å²) in [5, 5.41) is 0. The van der Waals surface area contributed by atoms with E-state index in [1.165, 1.54) is 0 Å². The van der Waals surface area contributed by atoms with E-state index in [0.717, 1.165) is 17.9 Å². The van der Waals surface area contributed by atoms with Crippen molar-refractivity contribution >= 4 is 11.8 Å². The lowest BCUT2D eigenvalue weighted by atomic mass is 9.87. The SMILES string of the molecule is COc1ccc(C(C(=O)N2CCN(C(=O)CCN(C)C)CC2)C(C)C)cc1. The first-order valence-electron chi connectivity index (χ1n) is 9.68. The molecule has 0 aromatic heterocycles. The minimum Gasteiger partial charge on any atom is -0.497 e. The Balaban J connectivity index is 1.98. The van der Waals surface area contributed by atoms with Crippen LogP contribution in [0.25, 0.3) is 0 Å². The van der Waals surface area contributed by atoms with Crippen molar-refractivity contribution in [1.82, 2.24) is 14.7 Å². The minimum absolute atomic E-state index is 0.149. The summed E-state index contributed by atoms with van der Waals surface area (Å²) in [4.78, 5) is 31.3. The second-order valence-corrected chi connectivity index (χ2v) is 7.75. The van der Waals surface area contributed by atoms with E-state index in [-0.39, 0.29) is 23.7 Å². The molecule has 1 aliphatic heterocycles. The molecule has 27 heavy (non-hydrogen) atoms. The maximum Gasteiger partial charge on any atom is 0.230 e. The first kappa shape index (κ1) is 21.2. The standard InChI is InChI=1S/C21H33N3O3/c1-16(2)20(17-6-8-18(27-5)9-7-17)21(26)24-14-12-23(13-15-24)19(25)10-11-22(3)4/h6-9,16,20H,10-15H2,1-5H3. The molecule has 1 aliphatic rings. The molecule has 1 fully saturated rings. The second-order valence-electron chi connectivity index (χ2n) is 7.75. The lowest BCUT2D eigenvalue weighted by Gasteiger charge is -2.37. The quantitative estimate of drug-likeness (QED) is 0.732. The highest BCUT2D eigenvalue weighted by atomic mass is 16.5. The molecule has 0 aliphatic carbocycles. The summed E-state index contributed by atoms with van der Waals surface area (Å²) in [6, 6.07) is 7.75. The normalized spacial score (nSPS) is 16.0. The average Bonchev–Trinajstić information content (AvgIpc) is 2.66. The summed E-state index contributed by atoms with van der Waals surface area (Å²) in [5.74, 6) is 1.14. The van der Waals surface area contributed by atoms with Crippen molar-refractivity contribution < 1.29 is 14.3 Å². The molecule has 6 nitrogen and oxygen atoms in total. The van der Waals surface area contributed by atoms with Gasteiger partial charge in [-0.3, -0.25) is 9.59 Å². The Labute approximate surface area is 163 Å². The van der Waals surface area contributed by atoms with E-state index in [2.05, 4.69) is 13.8 Å². The Hall–Kier alpha value is -2.08. The topological polar surface area (TPSA) is 53.1 Å².